The number of amides is 1. The SMILES string of the molecule is CCn1c(-c2ccc(C(=O)Nc3ccc(C)c(Cl)c3)s2)nc2ccccc21. The van der Waals surface area contributed by atoms with E-state index in [1.165, 1.54) is 11.3 Å². The van der Waals surface area contributed by atoms with Crippen LogP contribution >= 0.6 is 22.9 Å². The summed E-state index contributed by atoms with van der Waals surface area (Å²) in [6, 6.07) is 17.4. The highest BCUT2D eigenvalue weighted by Gasteiger charge is 2.16. The molecule has 0 aliphatic carbocycles. The van der Waals surface area contributed by atoms with Crippen LogP contribution in [0, 0.1) is 6.92 Å². The van der Waals surface area contributed by atoms with Gasteiger partial charge in [0.05, 0.1) is 20.8 Å². The average Bonchev–Trinajstić information content (AvgIpc) is 3.29. The van der Waals surface area contributed by atoms with Gasteiger partial charge in [-0.05, 0) is 55.8 Å². The number of halogens is 1. The number of nitrogens with one attached hydrogen (secondary N) is 1. The van der Waals surface area contributed by atoms with Crippen LogP contribution < -0.4 is 5.32 Å². The van der Waals surface area contributed by atoms with Crippen molar-refractivity contribution in [2.45, 2.75) is 20.4 Å². The number of anilines is 1. The van der Waals surface area contributed by atoms with E-state index in [0.717, 1.165) is 33.8 Å². The Balaban J connectivity index is 1.63. The van der Waals surface area contributed by atoms with Gasteiger partial charge in [-0.3, -0.25) is 4.79 Å². The van der Waals surface area contributed by atoms with Gasteiger partial charge in [-0.25, -0.2) is 4.98 Å². The van der Waals surface area contributed by atoms with Crippen LogP contribution in [-0.4, -0.2) is 15.5 Å². The number of carbonyl (C=O) groups excluding carboxylic acids is 1. The Morgan fingerprint density at radius 2 is 2.00 bits per heavy atom. The fourth-order valence-electron chi connectivity index (χ4n) is 3.03. The monoisotopic (exact) mass is 395 g/mol. The maximum absolute atomic E-state index is 12.6. The minimum absolute atomic E-state index is 0.148. The van der Waals surface area contributed by atoms with E-state index in [-0.39, 0.29) is 5.91 Å². The van der Waals surface area contributed by atoms with E-state index in [1.54, 1.807) is 6.07 Å². The van der Waals surface area contributed by atoms with Crippen LogP contribution in [-0.2, 0) is 6.54 Å². The first-order valence-corrected chi connectivity index (χ1v) is 9.89. The van der Waals surface area contributed by atoms with Gasteiger partial charge in [0.25, 0.3) is 5.91 Å². The molecule has 2 aromatic heterocycles. The van der Waals surface area contributed by atoms with E-state index in [1.807, 2.05) is 49.4 Å². The number of carbonyl (C=O) groups is 1. The first-order chi connectivity index (χ1) is 13.1. The zero-order chi connectivity index (χ0) is 19.0. The number of hydrogen-bond donors (Lipinski definition) is 1. The highest BCUT2D eigenvalue weighted by atomic mass is 35.5. The lowest BCUT2D eigenvalue weighted by Crippen LogP contribution is -2.09. The highest BCUT2D eigenvalue weighted by Crippen LogP contribution is 2.31. The molecule has 2 aromatic carbocycles. The van der Waals surface area contributed by atoms with Crippen LogP contribution in [0.4, 0.5) is 5.69 Å². The number of aromatic nitrogens is 2. The average molecular weight is 396 g/mol. The van der Waals surface area contributed by atoms with Crippen LogP contribution in [0.3, 0.4) is 0 Å². The summed E-state index contributed by atoms with van der Waals surface area (Å²) in [5.74, 6) is 0.742. The van der Waals surface area contributed by atoms with Crippen LogP contribution in [0.5, 0.6) is 0 Å². The second-order valence-corrected chi connectivity index (χ2v) is 7.74. The summed E-state index contributed by atoms with van der Waals surface area (Å²) < 4.78 is 2.17. The van der Waals surface area contributed by atoms with Gasteiger partial charge in [0.15, 0.2) is 5.82 Å². The second-order valence-electron chi connectivity index (χ2n) is 6.25. The van der Waals surface area contributed by atoms with Gasteiger partial charge in [0, 0.05) is 17.3 Å². The number of aryl methyl sites for hydroxylation is 2. The zero-order valence-electron chi connectivity index (χ0n) is 15.0. The molecule has 4 aromatic rings. The zero-order valence-corrected chi connectivity index (χ0v) is 16.6. The van der Waals surface area contributed by atoms with Crippen LogP contribution in [0.1, 0.15) is 22.2 Å². The lowest BCUT2D eigenvalue weighted by atomic mass is 10.2. The van der Waals surface area contributed by atoms with Crippen molar-refractivity contribution in [1.82, 2.24) is 9.55 Å². The molecule has 27 heavy (non-hydrogen) atoms. The number of para-hydroxylation sites is 2. The molecule has 0 saturated heterocycles. The van der Waals surface area contributed by atoms with Crippen molar-refractivity contribution >= 4 is 45.6 Å². The number of nitrogens with zero attached hydrogens (tertiary/aromatic N) is 2. The summed E-state index contributed by atoms with van der Waals surface area (Å²) in [7, 11) is 0. The highest BCUT2D eigenvalue weighted by molar-refractivity contribution is 7.17. The molecule has 6 heteroatoms. The number of hydrogen-bond acceptors (Lipinski definition) is 3. The maximum atomic E-state index is 12.6. The van der Waals surface area contributed by atoms with Crippen molar-refractivity contribution in [1.29, 1.82) is 0 Å². The van der Waals surface area contributed by atoms with Crippen molar-refractivity contribution in [2.75, 3.05) is 5.32 Å². The van der Waals surface area contributed by atoms with Crippen molar-refractivity contribution in [2.24, 2.45) is 0 Å². The lowest BCUT2D eigenvalue weighted by molar-refractivity contribution is 0.103. The Kier molecular flexibility index (Phi) is 4.72. The molecule has 136 valence electrons. The first kappa shape index (κ1) is 17.8. The van der Waals surface area contributed by atoms with Crippen LogP contribution in [0.2, 0.25) is 5.02 Å². The standard InChI is InChI=1S/C21H18ClN3OS/c1-3-25-17-7-5-4-6-16(17)24-20(25)18-10-11-19(27-18)21(26)23-14-9-8-13(2)15(22)12-14/h4-12H,3H2,1-2H3,(H,23,26). The molecule has 1 N–H and O–H groups in total. The molecular formula is C21H18ClN3OS. The van der Waals surface area contributed by atoms with Gasteiger partial charge in [-0.15, -0.1) is 11.3 Å². The van der Waals surface area contributed by atoms with Crippen LogP contribution in [0.25, 0.3) is 21.7 Å². The smallest absolute Gasteiger partial charge is 0.265 e. The Morgan fingerprint density at radius 1 is 1.19 bits per heavy atom. The van der Waals surface area contributed by atoms with E-state index in [2.05, 4.69) is 22.9 Å². The molecule has 0 bridgehead atoms. The number of imidazole rings is 1. The number of rotatable bonds is 4. The maximum Gasteiger partial charge on any atom is 0.265 e. The summed E-state index contributed by atoms with van der Waals surface area (Å²) in [4.78, 5) is 19.0. The first-order valence-electron chi connectivity index (χ1n) is 8.70. The molecular weight excluding hydrogens is 378 g/mol. The van der Waals surface area contributed by atoms with E-state index in [4.69, 9.17) is 16.6 Å². The molecule has 4 nitrogen and oxygen atoms in total. The van der Waals surface area contributed by atoms with Gasteiger partial charge in [0.1, 0.15) is 0 Å². The van der Waals surface area contributed by atoms with Crippen LogP contribution in [0.15, 0.2) is 54.6 Å². The van der Waals surface area contributed by atoms with Gasteiger partial charge >= 0.3 is 0 Å². The summed E-state index contributed by atoms with van der Waals surface area (Å²) in [5, 5.41) is 3.54. The minimum Gasteiger partial charge on any atom is -0.324 e. The third kappa shape index (κ3) is 3.36. The number of benzene rings is 2. The van der Waals surface area contributed by atoms with Gasteiger partial charge in [0.2, 0.25) is 0 Å². The minimum atomic E-state index is -0.148. The molecule has 0 unspecified atom stereocenters. The summed E-state index contributed by atoms with van der Waals surface area (Å²) in [6.07, 6.45) is 0. The van der Waals surface area contributed by atoms with Crippen molar-refractivity contribution in [3.63, 3.8) is 0 Å². The van der Waals surface area contributed by atoms with Gasteiger partial charge < -0.3 is 9.88 Å². The quantitative estimate of drug-likeness (QED) is 0.460. The molecule has 4 rings (SSSR count). The third-order valence-electron chi connectivity index (χ3n) is 4.45. The van der Waals surface area contributed by atoms with E-state index in [9.17, 15) is 4.79 Å². The predicted octanol–water partition coefficient (Wildman–Crippen LogP) is 6.00. The molecule has 0 radical (unpaired) electrons. The van der Waals surface area contributed by atoms with Crippen molar-refractivity contribution in [3.8, 4) is 10.7 Å². The molecule has 0 atom stereocenters. The Bertz CT molecular complexity index is 1150. The Labute approximate surface area is 166 Å². The summed E-state index contributed by atoms with van der Waals surface area (Å²) in [5.41, 5.74) is 3.73. The molecule has 0 spiro atoms. The molecule has 1 amide bonds. The van der Waals surface area contributed by atoms with E-state index >= 15 is 0 Å². The van der Waals surface area contributed by atoms with Gasteiger partial charge in [-0.1, -0.05) is 29.8 Å². The van der Waals surface area contributed by atoms with E-state index < -0.39 is 0 Å². The van der Waals surface area contributed by atoms with E-state index in [0.29, 0.717) is 15.6 Å². The molecule has 0 saturated carbocycles. The number of thiophene rings is 1. The summed E-state index contributed by atoms with van der Waals surface area (Å²) in [6.45, 7) is 4.84. The molecule has 0 fully saturated rings. The molecule has 0 aliphatic heterocycles. The second kappa shape index (κ2) is 7.18. The van der Waals surface area contributed by atoms with Crippen molar-refractivity contribution in [3.05, 3.63) is 70.1 Å². The van der Waals surface area contributed by atoms with Gasteiger partial charge in [-0.2, -0.15) is 0 Å². The fraction of sp³-hybridized carbons (Fsp3) is 0.143. The Hall–Kier alpha value is -2.63. The third-order valence-corrected chi connectivity index (χ3v) is 5.94. The topological polar surface area (TPSA) is 46.9 Å². The Morgan fingerprint density at radius 3 is 2.78 bits per heavy atom. The lowest BCUT2D eigenvalue weighted by Gasteiger charge is -2.06. The largest absolute Gasteiger partial charge is 0.324 e. The molecule has 0 aliphatic rings. The van der Waals surface area contributed by atoms with Crippen molar-refractivity contribution < 1.29 is 4.79 Å². The number of fused-ring (bicyclic) bond motifs is 1. The fourth-order valence-corrected chi connectivity index (χ4v) is 4.11. The predicted molar refractivity (Wildman–Crippen MR) is 113 cm³/mol. The summed E-state index contributed by atoms with van der Waals surface area (Å²) >= 11 is 7.58. The normalized spacial score (nSPS) is 11.1. The molecule has 2 heterocycles.